The monoisotopic (exact) mass is 477 g/mol. The van der Waals surface area contributed by atoms with E-state index in [1.165, 1.54) is 6.33 Å². The molecule has 0 N–H and O–H groups in total. The topological polar surface area (TPSA) is 64.4 Å². The third-order valence-corrected chi connectivity index (χ3v) is 5.66. The lowest BCUT2D eigenvalue weighted by molar-refractivity contribution is -0.156. The Labute approximate surface area is 212 Å². The first kappa shape index (κ1) is 25.0. The van der Waals surface area contributed by atoms with Crippen LogP contribution in [0.25, 0.3) is 11.3 Å². The van der Waals surface area contributed by atoms with Crippen molar-refractivity contribution < 1.29 is 9.53 Å². The molecule has 0 aliphatic rings. The Morgan fingerprint density at radius 2 is 1.47 bits per heavy atom. The van der Waals surface area contributed by atoms with E-state index in [0.29, 0.717) is 6.42 Å². The third-order valence-electron chi connectivity index (χ3n) is 5.66. The van der Waals surface area contributed by atoms with Gasteiger partial charge in [-0.2, -0.15) is 0 Å². The van der Waals surface area contributed by atoms with Crippen LogP contribution in [0, 0.1) is 6.92 Å². The van der Waals surface area contributed by atoms with Gasteiger partial charge in [0.15, 0.2) is 6.04 Å². The molecule has 4 rings (SSSR count). The van der Waals surface area contributed by atoms with Gasteiger partial charge in [0.2, 0.25) is 0 Å². The summed E-state index contributed by atoms with van der Waals surface area (Å²) in [6.45, 7) is 7.65. The summed E-state index contributed by atoms with van der Waals surface area (Å²) in [4.78, 5) is 27.4. The highest BCUT2D eigenvalue weighted by molar-refractivity contribution is 6.13. The number of hydrogen-bond acceptors (Lipinski definition) is 5. The zero-order chi connectivity index (χ0) is 25.5. The summed E-state index contributed by atoms with van der Waals surface area (Å²) in [5.41, 5.74) is 5.70. The smallest absolute Gasteiger partial charge is 0.331 e. The van der Waals surface area contributed by atoms with E-state index >= 15 is 0 Å². The van der Waals surface area contributed by atoms with Crippen molar-refractivity contribution in [3.63, 3.8) is 0 Å². The predicted molar refractivity (Wildman–Crippen MR) is 144 cm³/mol. The van der Waals surface area contributed by atoms with Crippen molar-refractivity contribution in [1.82, 2.24) is 9.97 Å². The molecule has 0 saturated heterocycles. The van der Waals surface area contributed by atoms with Crippen molar-refractivity contribution in [3.8, 4) is 11.3 Å². The highest BCUT2D eigenvalue weighted by atomic mass is 16.6. The predicted octanol–water partition coefficient (Wildman–Crippen LogP) is 6.24. The van der Waals surface area contributed by atoms with E-state index in [9.17, 15) is 4.79 Å². The molecule has 0 fully saturated rings. The van der Waals surface area contributed by atoms with Gasteiger partial charge in [0, 0.05) is 29.3 Å². The summed E-state index contributed by atoms with van der Waals surface area (Å²) < 4.78 is 5.83. The Hall–Kier alpha value is -4.12. The van der Waals surface area contributed by atoms with Crippen LogP contribution in [0.2, 0.25) is 0 Å². The first-order valence-electron chi connectivity index (χ1n) is 12.1. The molecule has 1 aromatic heterocycles. The Balaban J connectivity index is 1.83. The summed E-state index contributed by atoms with van der Waals surface area (Å²) in [5, 5.41) is 0. The van der Waals surface area contributed by atoms with Gasteiger partial charge in [-0.3, -0.25) is 4.99 Å². The standard InChI is InChI=1S/C31H31N3O2/c1-22-13-11-12-18-26(22)29-25(20-32-21-33-29)19-27(30(35)36-31(2,3)4)34-28(23-14-7-5-8-15-23)24-16-9-6-10-17-24/h5-18,20-21,27H,19H2,1-4H3. The van der Waals surface area contributed by atoms with Crippen LogP contribution in [0.5, 0.6) is 0 Å². The van der Waals surface area contributed by atoms with Crippen LogP contribution in [0.15, 0.2) is 102 Å². The van der Waals surface area contributed by atoms with Crippen LogP contribution in [0.3, 0.4) is 0 Å². The van der Waals surface area contributed by atoms with Gasteiger partial charge < -0.3 is 4.74 Å². The van der Waals surface area contributed by atoms with Crippen molar-refractivity contribution in [1.29, 1.82) is 0 Å². The average Bonchev–Trinajstić information content (AvgIpc) is 2.87. The molecule has 1 atom stereocenters. The van der Waals surface area contributed by atoms with E-state index in [-0.39, 0.29) is 5.97 Å². The number of hydrogen-bond donors (Lipinski definition) is 0. The van der Waals surface area contributed by atoms with E-state index in [0.717, 1.165) is 39.2 Å². The lowest BCUT2D eigenvalue weighted by Gasteiger charge is -2.23. The number of aliphatic imine (C=N–C) groups is 1. The minimum absolute atomic E-state index is 0.308. The normalized spacial score (nSPS) is 12.0. The van der Waals surface area contributed by atoms with Gasteiger partial charge in [0.1, 0.15) is 11.9 Å². The molecule has 182 valence electrons. The van der Waals surface area contributed by atoms with Gasteiger partial charge >= 0.3 is 5.97 Å². The van der Waals surface area contributed by atoms with Crippen LogP contribution >= 0.6 is 0 Å². The van der Waals surface area contributed by atoms with Crippen molar-refractivity contribution in [2.24, 2.45) is 4.99 Å². The molecule has 0 aliphatic carbocycles. The molecule has 4 aromatic rings. The van der Waals surface area contributed by atoms with Crippen LogP contribution in [0.4, 0.5) is 0 Å². The molecule has 3 aromatic carbocycles. The van der Waals surface area contributed by atoms with Crippen molar-refractivity contribution in [3.05, 3.63) is 120 Å². The van der Waals surface area contributed by atoms with Gasteiger partial charge in [-0.1, -0.05) is 84.9 Å². The Bertz CT molecular complexity index is 1300. The van der Waals surface area contributed by atoms with Crippen LogP contribution < -0.4 is 0 Å². The maximum absolute atomic E-state index is 13.5. The second kappa shape index (κ2) is 11.1. The molecule has 1 heterocycles. The van der Waals surface area contributed by atoms with E-state index in [2.05, 4.69) is 9.97 Å². The number of aryl methyl sites for hydroxylation is 1. The van der Waals surface area contributed by atoms with Crippen molar-refractivity contribution in [2.75, 3.05) is 0 Å². The molecule has 0 saturated carbocycles. The molecular formula is C31H31N3O2. The minimum Gasteiger partial charge on any atom is -0.458 e. The molecule has 0 aliphatic heterocycles. The Morgan fingerprint density at radius 3 is 2.06 bits per heavy atom. The summed E-state index contributed by atoms with van der Waals surface area (Å²) >= 11 is 0. The SMILES string of the molecule is Cc1ccccc1-c1ncncc1CC(N=C(c1ccccc1)c1ccccc1)C(=O)OC(C)(C)C. The molecule has 5 nitrogen and oxygen atoms in total. The molecular weight excluding hydrogens is 446 g/mol. The highest BCUT2D eigenvalue weighted by Crippen LogP contribution is 2.26. The molecule has 5 heteroatoms. The number of carbonyl (C=O) groups is 1. The van der Waals surface area contributed by atoms with Crippen molar-refractivity contribution >= 4 is 11.7 Å². The van der Waals surface area contributed by atoms with Gasteiger partial charge in [0.25, 0.3) is 0 Å². The summed E-state index contributed by atoms with van der Waals surface area (Å²) in [6, 6.07) is 27.1. The quantitative estimate of drug-likeness (QED) is 0.233. The fourth-order valence-electron chi connectivity index (χ4n) is 4.01. The first-order valence-corrected chi connectivity index (χ1v) is 12.1. The molecule has 36 heavy (non-hydrogen) atoms. The number of nitrogens with zero attached hydrogens (tertiary/aromatic N) is 3. The zero-order valence-corrected chi connectivity index (χ0v) is 21.2. The molecule has 0 spiro atoms. The lowest BCUT2D eigenvalue weighted by atomic mass is 9.97. The highest BCUT2D eigenvalue weighted by Gasteiger charge is 2.27. The van der Waals surface area contributed by atoms with E-state index in [1.54, 1.807) is 6.20 Å². The van der Waals surface area contributed by atoms with Gasteiger partial charge in [0.05, 0.1) is 11.4 Å². The Kier molecular flexibility index (Phi) is 7.69. The van der Waals surface area contributed by atoms with Crippen LogP contribution in [-0.2, 0) is 16.0 Å². The summed E-state index contributed by atoms with van der Waals surface area (Å²) in [5.74, 6) is -0.383. The van der Waals surface area contributed by atoms with Crippen molar-refractivity contribution in [2.45, 2.75) is 45.8 Å². The number of carbonyl (C=O) groups excluding carboxylic acids is 1. The second-order valence-electron chi connectivity index (χ2n) is 9.67. The summed E-state index contributed by atoms with van der Waals surface area (Å²) in [7, 11) is 0. The molecule has 0 radical (unpaired) electrons. The number of esters is 1. The van der Waals surface area contributed by atoms with Crippen LogP contribution in [-0.4, -0.2) is 33.3 Å². The molecule has 0 bridgehead atoms. The first-order chi connectivity index (χ1) is 17.3. The van der Waals surface area contributed by atoms with Gasteiger partial charge in [-0.15, -0.1) is 0 Å². The number of aromatic nitrogens is 2. The number of rotatable bonds is 7. The largest absolute Gasteiger partial charge is 0.458 e. The van der Waals surface area contributed by atoms with E-state index < -0.39 is 11.6 Å². The van der Waals surface area contributed by atoms with Crippen LogP contribution in [0.1, 0.15) is 43.0 Å². The second-order valence-corrected chi connectivity index (χ2v) is 9.67. The number of ether oxygens (including phenoxy) is 1. The molecule has 1 unspecified atom stereocenters. The van der Waals surface area contributed by atoms with Gasteiger partial charge in [-0.25, -0.2) is 14.8 Å². The average molecular weight is 478 g/mol. The van der Waals surface area contributed by atoms with E-state index in [4.69, 9.17) is 9.73 Å². The lowest BCUT2D eigenvalue weighted by Crippen LogP contribution is -2.33. The fraction of sp³-hybridized carbons (Fsp3) is 0.226. The van der Waals surface area contributed by atoms with Gasteiger partial charge in [-0.05, 0) is 38.8 Å². The molecule has 0 amide bonds. The summed E-state index contributed by atoms with van der Waals surface area (Å²) in [6.07, 6.45) is 3.62. The Morgan fingerprint density at radius 1 is 0.889 bits per heavy atom. The maximum Gasteiger partial charge on any atom is 0.331 e. The van der Waals surface area contributed by atoms with E-state index in [1.807, 2.05) is 113 Å². The number of benzene rings is 3. The third kappa shape index (κ3) is 6.30. The minimum atomic E-state index is -0.784. The fourth-order valence-corrected chi connectivity index (χ4v) is 4.01. The zero-order valence-electron chi connectivity index (χ0n) is 21.2. The maximum atomic E-state index is 13.5.